The van der Waals surface area contributed by atoms with Crippen molar-refractivity contribution in [1.82, 2.24) is 9.97 Å². The smallest absolute Gasteiger partial charge is 0.225 e. The Morgan fingerprint density at radius 3 is 2.76 bits per heavy atom. The van der Waals surface area contributed by atoms with E-state index in [0.717, 1.165) is 11.3 Å². The van der Waals surface area contributed by atoms with Gasteiger partial charge in [0.1, 0.15) is 11.6 Å². The highest BCUT2D eigenvalue weighted by atomic mass is 32.2. The van der Waals surface area contributed by atoms with E-state index in [9.17, 15) is 0 Å². The minimum Gasteiger partial charge on any atom is -0.439 e. The van der Waals surface area contributed by atoms with Gasteiger partial charge >= 0.3 is 0 Å². The van der Waals surface area contributed by atoms with Crippen LogP contribution in [0.3, 0.4) is 0 Å². The number of hydrogen-bond donors (Lipinski definition) is 1. The number of nitrogens with two attached hydrogens (primary N) is 1. The Hall–Kier alpha value is -1.75. The van der Waals surface area contributed by atoms with E-state index in [1.807, 2.05) is 37.4 Å². The molecule has 0 unspecified atom stereocenters. The Morgan fingerprint density at radius 1 is 1.24 bits per heavy atom. The summed E-state index contributed by atoms with van der Waals surface area (Å²) in [6, 6.07) is 9.38. The first kappa shape index (κ1) is 11.7. The molecule has 17 heavy (non-hydrogen) atoms. The summed E-state index contributed by atoms with van der Waals surface area (Å²) in [5.41, 5.74) is 6.81. The summed E-state index contributed by atoms with van der Waals surface area (Å²) in [5.74, 6) is 1.62. The lowest BCUT2D eigenvalue weighted by molar-refractivity contribution is 0.456. The highest BCUT2D eigenvalue weighted by molar-refractivity contribution is 7.98. The highest BCUT2D eigenvalue weighted by Crippen LogP contribution is 2.23. The Kier molecular flexibility index (Phi) is 3.49. The monoisotopic (exact) mass is 247 g/mol. The zero-order chi connectivity index (χ0) is 12.3. The van der Waals surface area contributed by atoms with Crippen LogP contribution in [0.4, 0.5) is 5.82 Å². The van der Waals surface area contributed by atoms with Crippen molar-refractivity contribution < 1.29 is 4.74 Å². The van der Waals surface area contributed by atoms with Gasteiger partial charge in [-0.05, 0) is 30.9 Å². The molecule has 0 aliphatic rings. The number of ether oxygens (including phenoxy) is 1. The number of nitrogens with zero attached hydrogens (tertiary/aromatic N) is 2. The molecule has 1 aromatic carbocycles. The maximum atomic E-state index is 5.67. The molecule has 0 radical (unpaired) electrons. The van der Waals surface area contributed by atoms with Crippen molar-refractivity contribution in [3.63, 3.8) is 0 Å². The fourth-order valence-electron chi connectivity index (χ4n) is 1.36. The van der Waals surface area contributed by atoms with E-state index in [1.165, 1.54) is 11.8 Å². The number of benzene rings is 1. The molecule has 2 rings (SSSR count). The average Bonchev–Trinajstić information content (AvgIpc) is 2.28. The van der Waals surface area contributed by atoms with Gasteiger partial charge in [-0.3, -0.25) is 0 Å². The largest absolute Gasteiger partial charge is 0.439 e. The molecule has 0 fully saturated rings. The van der Waals surface area contributed by atoms with Crippen LogP contribution in [0.5, 0.6) is 11.6 Å². The van der Waals surface area contributed by atoms with Crippen molar-refractivity contribution in [2.75, 3.05) is 12.0 Å². The van der Waals surface area contributed by atoms with E-state index in [0.29, 0.717) is 16.9 Å². The van der Waals surface area contributed by atoms with Gasteiger partial charge in [-0.1, -0.05) is 23.9 Å². The fraction of sp³-hybridized carbons (Fsp3) is 0.167. The van der Waals surface area contributed by atoms with Crippen LogP contribution in [0.25, 0.3) is 0 Å². The molecule has 0 saturated carbocycles. The summed E-state index contributed by atoms with van der Waals surface area (Å²) in [5, 5.41) is 0.604. The van der Waals surface area contributed by atoms with Gasteiger partial charge in [-0.2, -0.15) is 4.98 Å². The van der Waals surface area contributed by atoms with Crippen LogP contribution < -0.4 is 10.5 Å². The zero-order valence-corrected chi connectivity index (χ0v) is 10.5. The molecule has 88 valence electrons. The predicted molar refractivity (Wildman–Crippen MR) is 69.5 cm³/mol. The van der Waals surface area contributed by atoms with Gasteiger partial charge in [0.2, 0.25) is 5.88 Å². The molecule has 1 aromatic heterocycles. The van der Waals surface area contributed by atoms with Gasteiger partial charge in [0.05, 0.1) is 0 Å². The standard InChI is InChI=1S/C12H13N3OS/c1-8-4-3-5-9(6-8)16-11-7-10(13)14-12(15-11)17-2/h3-7H,1-2H3,(H2,13,14,15). The molecule has 0 bridgehead atoms. The van der Waals surface area contributed by atoms with Crippen molar-refractivity contribution >= 4 is 17.6 Å². The molecule has 0 atom stereocenters. The second kappa shape index (κ2) is 5.05. The molecule has 0 aliphatic heterocycles. The average molecular weight is 247 g/mol. The molecule has 0 aliphatic carbocycles. The summed E-state index contributed by atoms with van der Waals surface area (Å²) in [6.45, 7) is 2.01. The van der Waals surface area contributed by atoms with Crippen LogP contribution >= 0.6 is 11.8 Å². The van der Waals surface area contributed by atoms with Crippen LogP contribution in [0, 0.1) is 6.92 Å². The quantitative estimate of drug-likeness (QED) is 0.667. The van der Waals surface area contributed by atoms with Gasteiger partial charge in [0.15, 0.2) is 5.16 Å². The van der Waals surface area contributed by atoms with E-state index in [4.69, 9.17) is 10.5 Å². The summed E-state index contributed by atoms with van der Waals surface area (Å²) < 4.78 is 5.64. The van der Waals surface area contributed by atoms with Gasteiger partial charge < -0.3 is 10.5 Å². The Labute approximate surface area is 104 Å². The number of anilines is 1. The van der Waals surface area contributed by atoms with Gasteiger partial charge in [-0.15, -0.1) is 0 Å². The van der Waals surface area contributed by atoms with Crippen molar-refractivity contribution in [2.24, 2.45) is 0 Å². The van der Waals surface area contributed by atoms with Crippen LogP contribution in [0.2, 0.25) is 0 Å². The van der Waals surface area contributed by atoms with Crippen LogP contribution in [-0.4, -0.2) is 16.2 Å². The first-order valence-electron chi connectivity index (χ1n) is 5.10. The maximum Gasteiger partial charge on any atom is 0.225 e. The summed E-state index contributed by atoms with van der Waals surface area (Å²) in [6.07, 6.45) is 1.89. The fourth-order valence-corrected chi connectivity index (χ4v) is 1.74. The third kappa shape index (κ3) is 3.10. The van der Waals surface area contributed by atoms with Crippen molar-refractivity contribution in [1.29, 1.82) is 0 Å². The van der Waals surface area contributed by atoms with Crippen molar-refractivity contribution in [3.05, 3.63) is 35.9 Å². The minimum absolute atomic E-state index is 0.409. The predicted octanol–water partition coefficient (Wildman–Crippen LogP) is 2.88. The number of aromatic nitrogens is 2. The second-order valence-electron chi connectivity index (χ2n) is 3.54. The van der Waals surface area contributed by atoms with E-state index in [2.05, 4.69) is 9.97 Å². The number of thioether (sulfide) groups is 1. The molecule has 0 amide bonds. The lowest BCUT2D eigenvalue weighted by Crippen LogP contribution is -1.97. The van der Waals surface area contributed by atoms with E-state index < -0.39 is 0 Å². The van der Waals surface area contributed by atoms with E-state index in [-0.39, 0.29) is 0 Å². The molecular formula is C12H13N3OS. The molecular weight excluding hydrogens is 234 g/mol. The molecule has 5 heteroatoms. The van der Waals surface area contributed by atoms with E-state index in [1.54, 1.807) is 6.07 Å². The normalized spacial score (nSPS) is 10.2. The maximum absolute atomic E-state index is 5.67. The zero-order valence-electron chi connectivity index (χ0n) is 9.68. The first-order valence-corrected chi connectivity index (χ1v) is 6.33. The Morgan fingerprint density at radius 2 is 2.06 bits per heavy atom. The van der Waals surface area contributed by atoms with Crippen LogP contribution in [-0.2, 0) is 0 Å². The van der Waals surface area contributed by atoms with Crippen LogP contribution in [0.1, 0.15) is 5.56 Å². The summed E-state index contributed by atoms with van der Waals surface area (Å²) in [7, 11) is 0. The van der Waals surface area contributed by atoms with Gasteiger partial charge in [-0.25, -0.2) is 4.98 Å². The lowest BCUT2D eigenvalue weighted by atomic mass is 10.2. The second-order valence-corrected chi connectivity index (χ2v) is 4.31. The number of aryl methyl sites for hydroxylation is 1. The minimum atomic E-state index is 0.409. The highest BCUT2D eigenvalue weighted by Gasteiger charge is 2.04. The van der Waals surface area contributed by atoms with Crippen molar-refractivity contribution in [2.45, 2.75) is 12.1 Å². The van der Waals surface area contributed by atoms with E-state index >= 15 is 0 Å². The third-order valence-corrected chi connectivity index (χ3v) is 2.64. The lowest BCUT2D eigenvalue weighted by Gasteiger charge is -2.06. The summed E-state index contributed by atoms with van der Waals surface area (Å²) >= 11 is 1.43. The van der Waals surface area contributed by atoms with Crippen LogP contribution in [0.15, 0.2) is 35.5 Å². The molecule has 0 saturated heterocycles. The van der Waals surface area contributed by atoms with Crippen molar-refractivity contribution in [3.8, 4) is 11.6 Å². The first-order chi connectivity index (χ1) is 8.17. The molecule has 2 N–H and O–H groups in total. The molecule has 2 aromatic rings. The Bertz CT molecular complexity index is 531. The topological polar surface area (TPSA) is 61.0 Å². The molecule has 0 spiro atoms. The summed E-state index contributed by atoms with van der Waals surface area (Å²) in [4.78, 5) is 8.29. The molecule has 1 heterocycles. The van der Waals surface area contributed by atoms with Gasteiger partial charge in [0, 0.05) is 6.07 Å². The third-order valence-electron chi connectivity index (χ3n) is 2.10. The Balaban J connectivity index is 2.26. The number of hydrogen-bond acceptors (Lipinski definition) is 5. The van der Waals surface area contributed by atoms with Gasteiger partial charge in [0.25, 0.3) is 0 Å². The number of nitrogen functional groups attached to an aromatic ring is 1. The number of rotatable bonds is 3. The SMILES string of the molecule is CSc1nc(N)cc(Oc2cccc(C)c2)n1. The molecule has 4 nitrogen and oxygen atoms in total.